The largest absolute Gasteiger partial charge is 0.465 e. The van der Waals surface area contributed by atoms with Gasteiger partial charge in [0, 0.05) is 13.8 Å². The molecule has 3 aliphatic heterocycles. The third kappa shape index (κ3) is 1.10. The van der Waals surface area contributed by atoms with Crippen molar-refractivity contribution in [3.63, 3.8) is 0 Å². The summed E-state index contributed by atoms with van der Waals surface area (Å²) >= 11 is 0. The van der Waals surface area contributed by atoms with Crippen LogP contribution in [-0.2, 0) is 18.9 Å². The van der Waals surface area contributed by atoms with Gasteiger partial charge >= 0.3 is 0 Å². The number of hydrogen-bond donors (Lipinski definition) is 0. The molecule has 0 aromatic rings. The molecule has 4 heteroatoms. The first-order valence-corrected chi connectivity index (χ1v) is 4.50. The second kappa shape index (κ2) is 2.26. The third-order valence-electron chi connectivity index (χ3n) is 2.39. The van der Waals surface area contributed by atoms with E-state index < -0.39 is 5.79 Å². The Labute approximate surface area is 76.4 Å². The SMILES string of the molecule is CC1(C)OC2=C[C@H]3CO[C@H](O3)[C@H]2O1. The maximum Gasteiger partial charge on any atom is 0.205 e. The van der Waals surface area contributed by atoms with Crippen LogP contribution in [0.25, 0.3) is 0 Å². The van der Waals surface area contributed by atoms with Crippen molar-refractivity contribution in [2.24, 2.45) is 0 Å². The minimum absolute atomic E-state index is 0.0498. The second-order valence-corrected chi connectivity index (χ2v) is 3.99. The molecule has 0 spiro atoms. The quantitative estimate of drug-likeness (QED) is 0.557. The van der Waals surface area contributed by atoms with Crippen LogP contribution in [-0.4, -0.2) is 30.9 Å². The average molecular weight is 184 g/mol. The summed E-state index contributed by atoms with van der Waals surface area (Å²) in [5, 5.41) is 0. The molecule has 2 bridgehead atoms. The van der Waals surface area contributed by atoms with Crippen LogP contribution in [0.4, 0.5) is 0 Å². The lowest BCUT2D eigenvalue weighted by molar-refractivity contribution is -0.183. The second-order valence-electron chi connectivity index (χ2n) is 3.99. The smallest absolute Gasteiger partial charge is 0.205 e. The highest BCUT2D eigenvalue weighted by molar-refractivity contribution is 5.15. The van der Waals surface area contributed by atoms with Gasteiger partial charge < -0.3 is 18.9 Å². The first-order valence-electron chi connectivity index (χ1n) is 4.50. The van der Waals surface area contributed by atoms with Gasteiger partial charge in [-0.05, 0) is 6.08 Å². The molecule has 4 nitrogen and oxygen atoms in total. The molecule has 0 N–H and O–H groups in total. The Morgan fingerprint density at radius 3 is 3.15 bits per heavy atom. The fourth-order valence-electron chi connectivity index (χ4n) is 1.92. The highest BCUT2D eigenvalue weighted by Crippen LogP contribution is 2.39. The van der Waals surface area contributed by atoms with Gasteiger partial charge in [-0.15, -0.1) is 0 Å². The average Bonchev–Trinajstić information content (AvgIpc) is 2.54. The van der Waals surface area contributed by atoms with Gasteiger partial charge in [0.15, 0.2) is 12.4 Å². The van der Waals surface area contributed by atoms with E-state index in [2.05, 4.69) is 0 Å². The molecule has 13 heavy (non-hydrogen) atoms. The molecule has 0 radical (unpaired) electrons. The van der Waals surface area contributed by atoms with E-state index in [0.717, 1.165) is 5.76 Å². The molecule has 0 aliphatic carbocycles. The fraction of sp³-hybridized carbons (Fsp3) is 0.778. The summed E-state index contributed by atoms with van der Waals surface area (Å²) in [6, 6.07) is 0. The zero-order chi connectivity index (χ0) is 9.05. The van der Waals surface area contributed by atoms with Crippen molar-refractivity contribution in [2.75, 3.05) is 6.61 Å². The van der Waals surface area contributed by atoms with Gasteiger partial charge in [-0.1, -0.05) is 0 Å². The molecule has 0 amide bonds. The Kier molecular flexibility index (Phi) is 1.35. The molecule has 3 aliphatic rings. The molecule has 2 fully saturated rings. The highest BCUT2D eigenvalue weighted by atomic mass is 16.8. The van der Waals surface area contributed by atoms with Crippen LogP contribution < -0.4 is 0 Å². The minimum atomic E-state index is -0.548. The van der Waals surface area contributed by atoms with E-state index in [1.807, 2.05) is 19.9 Å². The van der Waals surface area contributed by atoms with Gasteiger partial charge in [0.1, 0.15) is 11.9 Å². The highest BCUT2D eigenvalue weighted by Gasteiger charge is 2.49. The maximum absolute atomic E-state index is 5.64. The predicted molar refractivity (Wildman–Crippen MR) is 42.7 cm³/mol. The summed E-state index contributed by atoms with van der Waals surface area (Å²) in [6.07, 6.45) is 1.55. The van der Waals surface area contributed by atoms with E-state index in [9.17, 15) is 0 Å². The van der Waals surface area contributed by atoms with E-state index in [4.69, 9.17) is 18.9 Å². The minimum Gasteiger partial charge on any atom is -0.465 e. The van der Waals surface area contributed by atoms with Crippen molar-refractivity contribution in [3.05, 3.63) is 11.8 Å². The van der Waals surface area contributed by atoms with E-state index >= 15 is 0 Å². The monoisotopic (exact) mass is 184 g/mol. The molecule has 2 saturated heterocycles. The fourth-order valence-corrected chi connectivity index (χ4v) is 1.92. The summed E-state index contributed by atoms with van der Waals surface area (Å²) in [4.78, 5) is 0. The van der Waals surface area contributed by atoms with Crippen molar-refractivity contribution in [3.8, 4) is 0 Å². The summed E-state index contributed by atoms with van der Waals surface area (Å²) in [5.41, 5.74) is 0. The van der Waals surface area contributed by atoms with Crippen LogP contribution in [0.15, 0.2) is 11.8 Å². The number of rotatable bonds is 0. The first-order chi connectivity index (χ1) is 6.14. The van der Waals surface area contributed by atoms with Crippen LogP contribution in [0.1, 0.15) is 13.8 Å². The Morgan fingerprint density at radius 1 is 1.46 bits per heavy atom. The first kappa shape index (κ1) is 7.79. The van der Waals surface area contributed by atoms with Crippen LogP contribution in [0.3, 0.4) is 0 Å². The Balaban J connectivity index is 1.94. The van der Waals surface area contributed by atoms with E-state index in [1.54, 1.807) is 0 Å². The normalized spacial score (nSPS) is 45.4. The zero-order valence-electron chi connectivity index (χ0n) is 7.65. The molecule has 72 valence electrons. The van der Waals surface area contributed by atoms with Crippen LogP contribution in [0.5, 0.6) is 0 Å². The molecule has 0 aromatic carbocycles. The van der Waals surface area contributed by atoms with Gasteiger partial charge in [0.25, 0.3) is 0 Å². The van der Waals surface area contributed by atoms with Crippen LogP contribution >= 0.6 is 0 Å². The van der Waals surface area contributed by atoms with E-state index in [0.29, 0.717) is 6.61 Å². The standard InChI is InChI=1S/C9H12O4/c1-9(2)12-6-3-5-4-10-8(11-5)7(6)13-9/h3,5,7-8H,4H2,1-2H3/t5-,7-,8+/m0/s1. The predicted octanol–water partition coefficient (Wildman–Crippen LogP) is 0.777. The molecule has 0 aromatic heterocycles. The van der Waals surface area contributed by atoms with Crippen molar-refractivity contribution < 1.29 is 18.9 Å². The van der Waals surface area contributed by atoms with Gasteiger partial charge in [-0.2, -0.15) is 0 Å². The van der Waals surface area contributed by atoms with E-state index in [1.165, 1.54) is 0 Å². The lowest BCUT2D eigenvalue weighted by Crippen LogP contribution is -2.33. The van der Waals surface area contributed by atoms with Crippen molar-refractivity contribution >= 4 is 0 Å². The van der Waals surface area contributed by atoms with Gasteiger partial charge in [-0.3, -0.25) is 0 Å². The molecular formula is C9H12O4. The lowest BCUT2D eigenvalue weighted by atomic mass is 10.2. The Hall–Kier alpha value is -0.580. The molecular weight excluding hydrogens is 172 g/mol. The Morgan fingerprint density at radius 2 is 2.31 bits per heavy atom. The number of hydrogen-bond acceptors (Lipinski definition) is 4. The lowest BCUT2D eigenvalue weighted by Gasteiger charge is -2.20. The summed E-state index contributed by atoms with van der Waals surface area (Å²) < 4.78 is 22.2. The van der Waals surface area contributed by atoms with Crippen molar-refractivity contribution in [1.82, 2.24) is 0 Å². The molecule has 0 saturated carbocycles. The zero-order valence-corrected chi connectivity index (χ0v) is 7.65. The van der Waals surface area contributed by atoms with Gasteiger partial charge in [-0.25, -0.2) is 0 Å². The molecule has 3 heterocycles. The molecule has 3 atom stereocenters. The maximum atomic E-state index is 5.64. The van der Waals surface area contributed by atoms with Crippen molar-refractivity contribution in [2.45, 2.75) is 38.1 Å². The van der Waals surface area contributed by atoms with Gasteiger partial charge in [0.2, 0.25) is 5.79 Å². The summed E-state index contributed by atoms with van der Waals surface area (Å²) in [6.45, 7) is 4.39. The Bertz CT molecular complexity index is 271. The number of ether oxygens (including phenoxy) is 4. The third-order valence-corrected chi connectivity index (χ3v) is 2.39. The molecule has 3 rings (SSSR count). The van der Waals surface area contributed by atoms with Gasteiger partial charge in [0.05, 0.1) is 6.61 Å². The van der Waals surface area contributed by atoms with Crippen LogP contribution in [0, 0.1) is 0 Å². The number of fused-ring (bicyclic) bond motifs is 4. The van der Waals surface area contributed by atoms with E-state index in [-0.39, 0.29) is 18.5 Å². The van der Waals surface area contributed by atoms with Crippen LogP contribution in [0.2, 0.25) is 0 Å². The summed E-state index contributed by atoms with van der Waals surface area (Å²) in [5.74, 6) is 0.317. The van der Waals surface area contributed by atoms with Crippen molar-refractivity contribution in [1.29, 1.82) is 0 Å². The topological polar surface area (TPSA) is 36.9 Å². The summed E-state index contributed by atoms with van der Waals surface area (Å²) in [7, 11) is 0. The molecule has 0 unspecified atom stereocenters.